The number of hydrogen-bond donors (Lipinski definition) is 1. The number of rotatable bonds is 5. The van der Waals surface area contributed by atoms with Gasteiger partial charge < -0.3 is 10.5 Å². The molecule has 0 aliphatic carbocycles. The monoisotopic (exact) mass is 324 g/mol. The van der Waals surface area contributed by atoms with Crippen LogP contribution in [0.15, 0.2) is 34.9 Å². The number of carbonyl (C=O) groups is 1. The standard InChI is InChI=1S/C12H13BrN4O2/c13-10-3-1-2-9(4-10)8-19-12(18)7-17-6-11(5-14)15-16-17/h1-4,6H,5,7-8,14H2. The van der Waals surface area contributed by atoms with E-state index in [-0.39, 0.29) is 19.1 Å². The average Bonchev–Trinajstić information content (AvgIpc) is 2.84. The van der Waals surface area contributed by atoms with E-state index in [1.807, 2.05) is 24.3 Å². The van der Waals surface area contributed by atoms with Crippen molar-refractivity contribution >= 4 is 21.9 Å². The highest BCUT2D eigenvalue weighted by Gasteiger charge is 2.07. The zero-order valence-corrected chi connectivity index (χ0v) is 11.7. The smallest absolute Gasteiger partial charge is 0.328 e. The average molecular weight is 325 g/mol. The molecular weight excluding hydrogens is 312 g/mol. The predicted octanol–water partition coefficient (Wildman–Crippen LogP) is 1.24. The molecule has 2 aromatic rings. The van der Waals surface area contributed by atoms with Crippen LogP contribution in [0.3, 0.4) is 0 Å². The van der Waals surface area contributed by atoms with Gasteiger partial charge in [-0.05, 0) is 17.7 Å². The first kappa shape index (κ1) is 13.7. The molecule has 100 valence electrons. The second-order valence-electron chi connectivity index (χ2n) is 3.90. The van der Waals surface area contributed by atoms with Gasteiger partial charge in [0.05, 0.1) is 11.9 Å². The molecule has 0 aliphatic rings. The molecule has 7 heteroatoms. The van der Waals surface area contributed by atoms with E-state index in [9.17, 15) is 4.79 Å². The Morgan fingerprint density at radius 3 is 3.00 bits per heavy atom. The second-order valence-corrected chi connectivity index (χ2v) is 4.82. The number of ether oxygens (including phenoxy) is 1. The number of benzene rings is 1. The minimum atomic E-state index is -0.367. The second kappa shape index (κ2) is 6.44. The van der Waals surface area contributed by atoms with Gasteiger partial charge >= 0.3 is 5.97 Å². The van der Waals surface area contributed by atoms with Crippen molar-refractivity contribution in [2.24, 2.45) is 5.73 Å². The van der Waals surface area contributed by atoms with Gasteiger partial charge in [0.15, 0.2) is 0 Å². The van der Waals surface area contributed by atoms with Gasteiger partial charge in [0, 0.05) is 11.0 Å². The quantitative estimate of drug-likeness (QED) is 0.837. The van der Waals surface area contributed by atoms with Gasteiger partial charge in [0.25, 0.3) is 0 Å². The molecule has 1 heterocycles. The molecule has 0 bridgehead atoms. The molecular formula is C12H13BrN4O2. The first-order valence-corrected chi connectivity index (χ1v) is 6.46. The molecule has 0 unspecified atom stereocenters. The third-order valence-corrected chi connectivity index (χ3v) is 2.87. The molecule has 0 fully saturated rings. The van der Waals surface area contributed by atoms with Crippen LogP contribution in [0, 0.1) is 0 Å². The third-order valence-electron chi connectivity index (χ3n) is 2.38. The maximum atomic E-state index is 11.6. The largest absolute Gasteiger partial charge is 0.459 e. The summed E-state index contributed by atoms with van der Waals surface area (Å²) in [4.78, 5) is 11.6. The van der Waals surface area contributed by atoms with Crippen LogP contribution in [0.4, 0.5) is 0 Å². The number of carbonyl (C=O) groups excluding carboxylic acids is 1. The molecule has 1 aromatic carbocycles. The van der Waals surface area contributed by atoms with Gasteiger partial charge in [-0.15, -0.1) is 5.10 Å². The van der Waals surface area contributed by atoms with Crippen molar-refractivity contribution < 1.29 is 9.53 Å². The lowest BCUT2D eigenvalue weighted by molar-refractivity contribution is -0.145. The van der Waals surface area contributed by atoms with E-state index in [1.165, 1.54) is 4.68 Å². The summed E-state index contributed by atoms with van der Waals surface area (Å²) in [5.41, 5.74) is 6.97. The summed E-state index contributed by atoms with van der Waals surface area (Å²) >= 11 is 3.36. The highest BCUT2D eigenvalue weighted by molar-refractivity contribution is 9.10. The Morgan fingerprint density at radius 2 is 2.32 bits per heavy atom. The van der Waals surface area contributed by atoms with Crippen LogP contribution in [0.25, 0.3) is 0 Å². The minimum Gasteiger partial charge on any atom is -0.459 e. The molecule has 2 N–H and O–H groups in total. The van der Waals surface area contributed by atoms with E-state index < -0.39 is 0 Å². The van der Waals surface area contributed by atoms with Crippen molar-refractivity contribution in [1.29, 1.82) is 0 Å². The molecule has 1 aromatic heterocycles. The maximum Gasteiger partial charge on any atom is 0.328 e. The van der Waals surface area contributed by atoms with E-state index in [1.54, 1.807) is 6.20 Å². The normalized spacial score (nSPS) is 10.4. The number of esters is 1. The van der Waals surface area contributed by atoms with E-state index >= 15 is 0 Å². The van der Waals surface area contributed by atoms with Crippen LogP contribution in [-0.2, 0) is 29.2 Å². The van der Waals surface area contributed by atoms with Crippen molar-refractivity contribution in [3.8, 4) is 0 Å². The van der Waals surface area contributed by atoms with Crippen molar-refractivity contribution in [3.63, 3.8) is 0 Å². The Morgan fingerprint density at radius 1 is 1.47 bits per heavy atom. The summed E-state index contributed by atoms with van der Waals surface area (Å²) in [6.45, 7) is 0.560. The van der Waals surface area contributed by atoms with Crippen molar-refractivity contribution in [1.82, 2.24) is 15.0 Å². The highest BCUT2D eigenvalue weighted by Crippen LogP contribution is 2.12. The summed E-state index contributed by atoms with van der Waals surface area (Å²) in [5.74, 6) is -0.367. The summed E-state index contributed by atoms with van der Waals surface area (Å²) in [6, 6.07) is 7.59. The van der Waals surface area contributed by atoms with Crippen LogP contribution >= 0.6 is 15.9 Å². The van der Waals surface area contributed by atoms with Crippen molar-refractivity contribution in [2.75, 3.05) is 0 Å². The van der Waals surface area contributed by atoms with Crippen LogP contribution < -0.4 is 5.73 Å². The number of nitrogens with two attached hydrogens (primary N) is 1. The molecule has 0 aliphatic heterocycles. The maximum absolute atomic E-state index is 11.6. The number of halogens is 1. The molecule has 0 amide bonds. The van der Waals surface area contributed by atoms with Crippen molar-refractivity contribution in [3.05, 3.63) is 46.2 Å². The van der Waals surface area contributed by atoms with Gasteiger partial charge in [0.1, 0.15) is 13.2 Å². The van der Waals surface area contributed by atoms with E-state index in [0.29, 0.717) is 12.2 Å². The number of aromatic nitrogens is 3. The van der Waals surface area contributed by atoms with E-state index in [0.717, 1.165) is 10.0 Å². The van der Waals surface area contributed by atoms with Crippen LogP contribution in [-0.4, -0.2) is 21.0 Å². The molecule has 0 atom stereocenters. The molecule has 0 radical (unpaired) electrons. The fraction of sp³-hybridized carbons (Fsp3) is 0.250. The lowest BCUT2D eigenvalue weighted by Crippen LogP contribution is -2.14. The first-order chi connectivity index (χ1) is 9.17. The zero-order chi connectivity index (χ0) is 13.7. The summed E-state index contributed by atoms with van der Waals surface area (Å²) < 4.78 is 7.51. The minimum absolute atomic E-state index is 0.0288. The molecule has 0 spiro atoms. The molecule has 0 saturated carbocycles. The molecule has 6 nitrogen and oxygen atoms in total. The highest BCUT2D eigenvalue weighted by atomic mass is 79.9. The fourth-order valence-corrected chi connectivity index (χ4v) is 1.92. The first-order valence-electron chi connectivity index (χ1n) is 5.66. The summed E-state index contributed by atoms with van der Waals surface area (Å²) in [7, 11) is 0. The molecule has 2 rings (SSSR count). The van der Waals surface area contributed by atoms with Crippen LogP contribution in [0.5, 0.6) is 0 Å². The number of nitrogens with zero attached hydrogens (tertiary/aromatic N) is 3. The fourth-order valence-electron chi connectivity index (χ4n) is 1.48. The van der Waals surface area contributed by atoms with E-state index in [4.69, 9.17) is 10.5 Å². The van der Waals surface area contributed by atoms with Gasteiger partial charge in [0.2, 0.25) is 0 Å². The Labute approximate surface area is 118 Å². The van der Waals surface area contributed by atoms with Crippen LogP contribution in [0.1, 0.15) is 11.3 Å². The van der Waals surface area contributed by atoms with Gasteiger partial charge in [-0.1, -0.05) is 33.3 Å². The van der Waals surface area contributed by atoms with E-state index in [2.05, 4.69) is 26.2 Å². The summed E-state index contributed by atoms with van der Waals surface area (Å²) in [6.07, 6.45) is 1.63. The molecule has 0 saturated heterocycles. The van der Waals surface area contributed by atoms with Gasteiger partial charge in [-0.2, -0.15) is 0 Å². The Kier molecular flexibility index (Phi) is 4.64. The predicted molar refractivity (Wildman–Crippen MR) is 71.9 cm³/mol. The van der Waals surface area contributed by atoms with Gasteiger partial charge in [-0.25, -0.2) is 4.68 Å². The van der Waals surface area contributed by atoms with Gasteiger partial charge in [-0.3, -0.25) is 4.79 Å². The Balaban J connectivity index is 1.84. The SMILES string of the molecule is NCc1cn(CC(=O)OCc2cccc(Br)c2)nn1. The summed E-state index contributed by atoms with van der Waals surface area (Å²) in [5, 5.41) is 7.57. The topological polar surface area (TPSA) is 83.0 Å². The lowest BCUT2D eigenvalue weighted by Gasteiger charge is -2.05. The Bertz CT molecular complexity index is 570. The van der Waals surface area contributed by atoms with Crippen LogP contribution in [0.2, 0.25) is 0 Å². The molecule has 19 heavy (non-hydrogen) atoms. The zero-order valence-electron chi connectivity index (χ0n) is 10.1. The lowest BCUT2D eigenvalue weighted by atomic mass is 10.2. The number of hydrogen-bond acceptors (Lipinski definition) is 5. The third kappa shape index (κ3) is 4.15. The van der Waals surface area contributed by atoms with Crippen molar-refractivity contribution in [2.45, 2.75) is 19.7 Å². The Hall–Kier alpha value is -1.73.